The van der Waals surface area contributed by atoms with E-state index < -0.39 is 23.4 Å². The van der Waals surface area contributed by atoms with Crippen molar-refractivity contribution >= 4 is 34.6 Å². The number of amides is 1. The van der Waals surface area contributed by atoms with E-state index in [9.17, 15) is 19.7 Å². The molecule has 1 amide bonds. The van der Waals surface area contributed by atoms with Crippen LogP contribution < -0.4 is 15.1 Å². The zero-order chi connectivity index (χ0) is 20.8. The van der Waals surface area contributed by atoms with Crippen LogP contribution in [0.4, 0.5) is 22.7 Å². The number of carbonyl (C=O) groups excluding carboxylic acids is 2. The Balaban J connectivity index is 2.03. The van der Waals surface area contributed by atoms with Gasteiger partial charge < -0.3 is 19.9 Å². The Bertz CT molecular complexity index is 878. The van der Waals surface area contributed by atoms with Crippen LogP contribution in [-0.2, 0) is 9.53 Å². The molecular weight excluding hydrogens is 364 g/mol. The molecule has 0 unspecified atom stereocenters. The molecule has 1 N–H and O–H groups in total. The molecule has 0 saturated carbocycles. The number of non-ortho nitro benzene ring substituents is 1. The molecular formula is C19H22N4O5. The van der Waals surface area contributed by atoms with E-state index in [0.29, 0.717) is 11.4 Å². The first-order valence-corrected chi connectivity index (χ1v) is 8.39. The second kappa shape index (κ2) is 8.85. The number of ether oxygens (including phenoxy) is 1. The molecule has 0 aliphatic heterocycles. The second-order valence-electron chi connectivity index (χ2n) is 6.42. The number of nitrogens with one attached hydrogen (secondary N) is 1. The number of hydrogen-bond donors (Lipinski definition) is 1. The fourth-order valence-electron chi connectivity index (χ4n) is 2.44. The van der Waals surface area contributed by atoms with Crippen LogP contribution >= 0.6 is 0 Å². The number of benzene rings is 2. The number of nitro benzene ring substituents is 1. The zero-order valence-electron chi connectivity index (χ0n) is 16.1. The Morgan fingerprint density at radius 2 is 1.68 bits per heavy atom. The van der Waals surface area contributed by atoms with E-state index in [0.717, 1.165) is 11.8 Å². The molecule has 28 heavy (non-hydrogen) atoms. The molecule has 148 valence electrons. The van der Waals surface area contributed by atoms with Gasteiger partial charge >= 0.3 is 5.97 Å². The van der Waals surface area contributed by atoms with Crippen LogP contribution in [0.25, 0.3) is 0 Å². The second-order valence-corrected chi connectivity index (χ2v) is 6.42. The number of esters is 1. The standard InChI is InChI=1S/C19H22N4O5/c1-21(2)14-7-5-13(6-8-14)20-18(24)12-28-19(25)16-11-15(23(26)27)9-10-17(16)22(3)4/h5-11H,12H2,1-4H3,(H,20,24). The maximum absolute atomic E-state index is 12.4. The minimum atomic E-state index is -0.814. The molecule has 2 aromatic rings. The summed E-state index contributed by atoms with van der Waals surface area (Å²) in [4.78, 5) is 38.3. The van der Waals surface area contributed by atoms with Crippen LogP contribution in [0.2, 0.25) is 0 Å². The molecule has 2 rings (SSSR count). The summed E-state index contributed by atoms with van der Waals surface area (Å²) in [5, 5.41) is 13.6. The Morgan fingerprint density at radius 1 is 1.04 bits per heavy atom. The predicted octanol–water partition coefficient (Wildman–Crippen LogP) is 2.52. The van der Waals surface area contributed by atoms with Crippen molar-refractivity contribution in [2.24, 2.45) is 0 Å². The lowest BCUT2D eigenvalue weighted by molar-refractivity contribution is -0.384. The molecule has 0 aromatic heterocycles. The lowest BCUT2D eigenvalue weighted by Crippen LogP contribution is -2.22. The molecule has 0 aliphatic carbocycles. The maximum Gasteiger partial charge on any atom is 0.341 e. The first-order valence-electron chi connectivity index (χ1n) is 8.39. The van der Waals surface area contributed by atoms with Crippen LogP contribution in [0, 0.1) is 10.1 Å². The molecule has 0 spiro atoms. The van der Waals surface area contributed by atoms with E-state index in [1.54, 1.807) is 31.1 Å². The third kappa shape index (κ3) is 5.19. The monoisotopic (exact) mass is 386 g/mol. The summed E-state index contributed by atoms with van der Waals surface area (Å²) in [6.45, 7) is -0.510. The average molecular weight is 386 g/mol. The topological polar surface area (TPSA) is 105 Å². The van der Waals surface area contributed by atoms with Gasteiger partial charge in [-0.1, -0.05) is 0 Å². The molecule has 0 bridgehead atoms. The van der Waals surface area contributed by atoms with E-state index in [4.69, 9.17) is 4.74 Å². The van der Waals surface area contributed by atoms with Gasteiger partial charge in [-0.15, -0.1) is 0 Å². The van der Waals surface area contributed by atoms with Gasteiger partial charge in [0.15, 0.2) is 6.61 Å². The summed E-state index contributed by atoms with van der Waals surface area (Å²) in [5.74, 6) is -1.33. The first kappa shape index (κ1) is 20.7. The predicted molar refractivity (Wildman–Crippen MR) is 107 cm³/mol. The number of nitro groups is 1. The summed E-state index contributed by atoms with van der Waals surface area (Å²) in [7, 11) is 7.20. The van der Waals surface area contributed by atoms with Crippen LogP contribution in [-0.4, -0.2) is 51.6 Å². The van der Waals surface area contributed by atoms with Crippen LogP contribution in [0.15, 0.2) is 42.5 Å². The van der Waals surface area contributed by atoms with Gasteiger partial charge in [0.1, 0.15) is 0 Å². The highest BCUT2D eigenvalue weighted by atomic mass is 16.6. The van der Waals surface area contributed by atoms with Gasteiger partial charge in [0.2, 0.25) is 0 Å². The van der Waals surface area contributed by atoms with Gasteiger partial charge in [-0.25, -0.2) is 4.79 Å². The van der Waals surface area contributed by atoms with Gasteiger partial charge in [0, 0.05) is 51.7 Å². The van der Waals surface area contributed by atoms with Crippen molar-refractivity contribution in [3.63, 3.8) is 0 Å². The van der Waals surface area contributed by atoms with Crippen LogP contribution in [0.5, 0.6) is 0 Å². The van der Waals surface area contributed by atoms with Crippen molar-refractivity contribution in [1.82, 2.24) is 0 Å². The fraction of sp³-hybridized carbons (Fsp3) is 0.263. The molecule has 0 aliphatic rings. The van der Waals surface area contributed by atoms with Crippen molar-refractivity contribution in [2.75, 3.05) is 49.9 Å². The van der Waals surface area contributed by atoms with Crippen molar-refractivity contribution in [3.8, 4) is 0 Å². The van der Waals surface area contributed by atoms with Crippen molar-refractivity contribution in [2.45, 2.75) is 0 Å². The smallest absolute Gasteiger partial charge is 0.341 e. The van der Waals surface area contributed by atoms with E-state index in [1.165, 1.54) is 12.1 Å². The Hall–Kier alpha value is -3.62. The van der Waals surface area contributed by atoms with Crippen molar-refractivity contribution in [1.29, 1.82) is 0 Å². The quantitative estimate of drug-likeness (QED) is 0.443. The molecule has 0 fully saturated rings. The molecule has 0 saturated heterocycles. The summed E-state index contributed by atoms with van der Waals surface area (Å²) >= 11 is 0. The fourth-order valence-corrected chi connectivity index (χ4v) is 2.44. The summed E-state index contributed by atoms with van der Waals surface area (Å²) in [6, 6.07) is 11.1. The number of anilines is 3. The zero-order valence-corrected chi connectivity index (χ0v) is 16.1. The third-order valence-corrected chi connectivity index (χ3v) is 3.89. The summed E-state index contributed by atoms with van der Waals surface area (Å²) < 4.78 is 5.04. The van der Waals surface area contributed by atoms with Gasteiger partial charge in [-0.2, -0.15) is 0 Å². The number of hydrogen-bond acceptors (Lipinski definition) is 7. The van der Waals surface area contributed by atoms with E-state index >= 15 is 0 Å². The molecule has 0 radical (unpaired) electrons. The average Bonchev–Trinajstić information content (AvgIpc) is 2.65. The number of rotatable bonds is 7. The van der Waals surface area contributed by atoms with E-state index in [1.807, 2.05) is 31.1 Å². The molecule has 9 nitrogen and oxygen atoms in total. The van der Waals surface area contributed by atoms with Gasteiger partial charge in [0.25, 0.3) is 11.6 Å². The van der Waals surface area contributed by atoms with Crippen LogP contribution in [0.1, 0.15) is 10.4 Å². The summed E-state index contributed by atoms with van der Waals surface area (Å²) in [6.07, 6.45) is 0. The number of nitrogens with zero attached hydrogens (tertiary/aromatic N) is 3. The van der Waals surface area contributed by atoms with Gasteiger partial charge in [-0.3, -0.25) is 14.9 Å². The highest BCUT2D eigenvalue weighted by molar-refractivity contribution is 5.99. The maximum atomic E-state index is 12.4. The molecule has 0 atom stereocenters. The molecule has 0 heterocycles. The first-order chi connectivity index (χ1) is 13.2. The third-order valence-electron chi connectivity index (χ3n) is 3.89. The van der Waals surface area contributed by atoms with Gasteiger partial charge in [0.05, 0.1) is 16.2 Å². The van der Waals surface area contributed by atoms with E-state index in [2.05, 4.69) is 5.32 Å². The van der Waals surface area contributed by atoms with Crippen molar-refractivity contribution in [3.05, 3.63) is 58.1 Å². The van der Waals surface area contributed by atoms with E-state index in [-0.39, 0.29) is 11.3 Å². The Kier molecular flexibility index (Phi) is 6.54. The summed E-state index contributed by atoms with van der Waals surface area (Å²) in [5.41, 5.74) is 1.78. The number of carbonyl (C=O) groups is 2. The Labute approximate surface area is 162 Å². The lowest BCUT2D eigenvalue weighted by atomic mass is 10.1. The minimum absolute atomic E-state index is 0.0161. The lowest BCUT2D eigenvalue weighted by Gasteiger charge is -2.16. The highest BCUT2D eigenvalue weighted by Gasteiger charge is 2.20. The van der Waals surface area contributed by atoms with Crippen molar-refractivity contribution < 1.29 is 19.2 Å². The molecule has 9 heteroatoms. The minimum Gasteiger partial charge on any atom is -0.452 e. The molecule has 2 aromatic carbocycles. The largest absolute Gasteiger partial charge is 0.452 e. The SMILES string of the molecule is CN(C)c1ccc(NC(=O)COC(=O)c2cc([N+](=O)[O-])ccc2N(C)C)cc1. The normalized spacial score (nSPS) is 10.1. The van der Waals surface area contributed by atoms with Gasteiger partial charge in [-0.05, 0) is 30.3 Å². The van der Waals surface area contributed by atoms with Crippen LogP contribution in [0.3, 0.4) is 0 Å². The highest BCUT2D eigenvalue weighted by Crippen LogP contribution is 2.25. The Morgan fingerprint density at radius 3 is 2.21 bits per heavy atom.